The van der Waals surface area contributed by atoms with Gasteiger partial charge in [0.05, 0.1) is 5.69 Å². The van der Waals surface area contributed by atoms with Gasteiger partial charge in [-0.3, -0.25) is 9.48 Å². The van der Waals surface area contributed by atoms with Crippen LogP contribution < -0.4 is 5.73 Å². The van der Waals surface area contributed by atoms with Gasteiger partial charge in [-0.25, -0.2) is 0 Å². The third-order valence-corrected chi connectivity index (χ3v) is 3.83. The second-order valence-corrected chi connectivity index (χ2v) is 5.83. The number of hydrogen-bond acceptors (Lipinski definition) is 3. The Morgan fingerprint density at radius 1 is 1.43 bits per heavy atom. The molecule has 0 atom stereocenters. The van der Waals surface area contributed by atoms with Crippen LogP contribution in [0, 0.1) is 0 Å². The number of hydrogen-bond donors (Lipinski definition) is 1. The van der Waals surface area contributed by atoms with Crippen LogP contribution in [0.3, 0.4) is 0 Å². The highest BCUT2D eigenvalue weighted by atomic mass is 35.5. The summed E-state index contributed by atoms with van der Waals surface area (Å²) in [6, 6.07) is 7.83. The Morgan fingerprint density at radius 3 is 2.62 bits per heavy atom. The van der Waals surface area contributed by atoms with Gasteiger partial charge in [0, 0.05) is 30.9 Å². The minimum absolute atomic E-state index is 0.106. The SMILES string of the molecule is Cn1cc(N)c(C(=O)N(Cc2ccc(Cl)cc2)C2CC2)n1. The number of nitrogens with zero attached hydrogens (tertiary/aromatic N) is 3. The highest BCUT2D eigenvalue weighted by Gasteiger charge is 2.34. The van der Waals surface area contributed by atoms with Gasteiger partial charge in [0.25, 0.3) is 5.91 Å². The van der Waals surface area contributed by atoms with Crippen molar-refractivity contribution in [3.63, 3.8) is 0 Å². The number of amides is 1. The summed E-state index contributed by atoms with van der Waals surface area (Å²) in [6.07, 6.45) is 3.72. The Balaban J connectivity index is 1.83. The van der Waals surface area contributed by atoms with E-state index in [1.807, 2.05) is 29.2 Å². The molecular formula is C15H17ClN4O. The van der Waals surface area contributed by atoms with Crippen molar-refractivity contribution in [3.05, 3.63) is 46.7 Å². The molecule has 1 saturated carbocycles. The second-order valence-electron chi connectivity index (χ2n) is 5.40. The molecular weight excluding hydrogens is 288 g/mol. The number of halogens is 1. The van der Waals surface area contributed by atoms with Gasteiger partial charge >= 0.3 is 0 Å². The van der Waals surface area contributed by atoms with Crippen LogP contribution in [-0.4, -0.2) is 26.6 Å². The fraction of sp³-hybridized carbons (Fsp3) is 0.333. The summed E-state index contributed by atoms with van der Waals surface area (Å²) in [5.41, 5.74) is 7.67. The van der Waals surface area contributed by atoms with Gasteiger partial charge in [-0.15, -0.1) is 0 Å². The topological polar surface area (TPSA) is 64.2 Å². The Morgan fingerprint density at radius 2 is 2.10 bits per heavy atom. The third-order valence-electron chi connectivity index (χ3n) is 3.57. The van der Waals surface area contributed by atoms with Crippen LogP contribution in [0.1, 0.15) is 28.9 Å². The van der Waals surface area contributed by atoms with Crippen LogP contribution in [0.25, 0.3) is 0 Å². The summed E-state index contributed by atoms with van der Waals surface area (Å²) >= 11 is 5.90. The monoisotopic (exact) mass is 304 g/mol. The van der Waals surface area contributed by atoms with Crippen LogP contribution in [0.2, 0.25) is 5.02 Å². The molecule has 0 spiro atoms. The standard InChI is InChI=1S/C15H17ClN4O/c1-19-9-13(17)14(18-19)15(21)20(12-6-7-12)8-10-2-4-11(16)5-3-10/h2-5,9,12H,6-8,17H2,1H3. The van der Waals surface area contributed by atoms with Gasteiger partial charge in [-0.05, 0) is 30.5 Å². The molecule has 3 rings (SSSR count). The van der Waals surface area contributed by atoms with Gasteiger partial charge in [-0.2, -0.15) is 5.10 Å². The number of rotatable bonds is 4. The van der Waals surface area contributed by atoms with E-state index in [2.05, 4.69) is 5.10 Å². The zero-order chi connectivity index (χ0) is 15.0. The summed E-state index contributed by atoms with van der Waals surface area (Å²) in [6.45, 7) is 0.552. The molecule has 0 aliphatic heterocycles. The molecule has 21 heavy (non-hydrogen) atoms. The van der Waals surface area contributed by atoms with E-state index in [1.165, 1.54) is 0 Å². The van der Waals surface area contributed by atoms with E-state index in [1.54, 1.807) is 17.9 Å². The first-order chi connectivity index (χ1) is 10.0. The van der Waals surface area contributed by atoms with Crippen LogP contribution in [0.5, 0.6) is 0 Å². The smallest absolute Gasteiger partial charge is 0.277 e. The molecule has 1 heterocycles. The van der Waals surface area contributed by atoms with E-state index in [4.69, 9.17) is 17.3 Å². The lowest BCUT2D eigenvalue weighted by Gasteiger charge is -2.22. The van der Waals surface area contributed by atoms with Crippen LogP contribution in [0.15, 0.2) is 30.5 Å². The van der Waals surface area contributed by atoms with E-state index >= 15 is 0 Å². The summed E-state index contributed by atoms with van der Waals surface area (Å²) < 4.78 is 1.57. The molecule has 1 aromatic heterocycles. The number of benzene rings is 1. The Kier molecular flexibility index (Phi) is 3.59. The quantitative estimate of drug-likeness (QED) is 0.943. The van der Waals surface area contributed by atoms with Crippen LogP contribution in [0.4, 0.5) is 5.69 Å². The lowest BCUT2D eigenvalue weighted by Crippen LogP contribution is -2.33. The van der Waals surface area contributed by atoms with Gasteiger partial charge in [-0.1, -0.05) is 23.7 Å². The lowest BCUT2D eigenvalue weighted by molar-refractivity contribution is 0.0724. The maximum absolute atomic E-state index is 12.7. The molecule has 0 saturated heterocycles. The van der Waals surface area contributed by atoms with E-state index < -0.39 is 0 Å². The van der Waals surface area contributed by atoms with Crippen LogP contribution >= 0.6 is 11.6 Å². The Labute approximate surface area is 128 Å². The fourth-order valence-electron chi connectivity index (χ4n) is 2.35. The minimum atomic E-state index is -0.106. The van der Waals surface area contributed by atoms with E-state index in [0.29, 0.717) is 22.9 Å². The Bertz CT molecular complexity index is 661. The first kappa shape index (κ1) is 13.9. The average Bonchev–Trinajstić information content (AvgIpc) is 3.22. The number of carbonyl (C=O) groups excluding carboxylic acids is 1. The highest BCUT2D eigenvalue weighted by molar-refractivity contribution is 6.30. The zero-order valence-corrected chi connectivity index (χ0v) is 12.5. The van der Waals surface area contributed by atoms with Crippen molar-refractivity contribution in [2.24, 2.45) is 7.05 Å². The van der Waals surface area contributed by atoms with E-state index in [9.17, 15) is 4.79 Å². The number of nitrogen functional groups attached to an aromatic ring is 1. The Hall–Kier alpha value is -2.01. The second kappa shape index (κ2) is 5.41. The molecule has 0 bridgehead atoms. The summed E-state index contributed by atoms with van der Waals surface area (Å²) in [5, 5.41) is 4.87. The number of aromatic nitrogens is 2. The number of nitrogens with two attached hydrogens (primary N) is 1. The number of carbonyl (C=O) groups is 1. The van der Waals surface area contributed by atoms with Crippen molar-refractivity contribution in [2.75, 3.05) is 5.73 Å². The number of anilines is 1. The maximum Gasteiger partial charge on any atom is 0.277 e. The highest BCUT2D eigenvalue weighted by Crippen LogP contribution is 2.30. The first-order valence-electron chi connectivity index (χ1n) is 6.89. The van der Waals surface area contributed by atoms with Gasteiger partial charge in [0.1, 0.15) is 0 Å². The van der Waals surface area contributed by atoms with Gasteiger partial charge < -0.3 is 10.6 Å². The van der Waals surface area contributed by atoms with Crippen molar-refractivity contribution < 1.29 is 4.79 Å². The molecule has 2 N–H and O–H groups in total. The molecule has 1 aliphatic carbocycles. The molecule has 0 unspecified atom stereocenters. The summed E-state index contributed by atoms with van der Waals surface area (Å²) in [4.78, 5) is 14.5. The zero-order valence-electron chi connectivity index (χ0n) is 11.8. The molecule has 0 radical (unpaired) electrons. The lowest BCUT2D eigenvalue weighted by atomic mass is 10.2. The first-order valence-corrected chi connectivity index (χ1v) is 7.27. The molecule has 5 nitrogen and oxygen atoms in total. The molecule has 1 aromatic carbocycles. The fourth-order valence-corrected chi connectivity index (χ4v) is 2.47. The molecule has 1 aliphatic rings. The van der Waals surface area contributed by atoms with Crippen molar-refractivity contribution >= 4 is 23.2 Å². The molecule has 110 valence electrons. The van der Waals surface area contributed by atoms with Gasteiger partial charge in [0.15, 0.2) is 5.69 Å². The predicted octanol–water partition coefficient (Wildman–Crippen LogP) is 2.46. The van der Waals surface area contributed by atoms with Crippen molar-refractivity contribution in [2.45, 2.75) is 25.4 Å². The third kappa shape index (κ3) is 3.03. The average molecular weight is 305 g/mol. The minimum Gasteiger partial charge on any atom is -0.396 e. The van der Waals surface area contributed by atoms with E-state index in [0.717, 1.165) is 18.4 Å². The molecule has 1 amide bonds. The number of aryl methyl sites for hydroxylation is 1. The molecule has 2 aromatic rings. The van der Waals surface area contributed by atoms with Crippen molar-refractivity contribution in [3.8, 4) is 0 Å². The van der Waals surface area contributed by atoms with Crippen molar-refractivity contribution in [1.29, 1.82) is 0 Å². The van der Waals surface area contributed by atoms with Crippen LogP contribution in [-0.2, 0) is 13.6 Å². The maximum atomic E-state index is 12.7. The molecule has 6 heteroatoms. The van der Waals surface area contributed by atoms with E-state index in [-0.39, 0.29) is 11.9 Å². The normalized spacial score (nSPS) is 14.2. The summed E-state index contributed by atoms with van der Waals surface area (Å²) in [7, 11) is 1.76. The predicted molar refractivity (Wildman–Crippen MR) is 82.0 cm³/mol. The summed E-state index contributed by atoms with van der Waals surface area (Å²) in [5.74, 6) is -0.106. The molecule has 1 fully saturated rings. The largest absolute Gasteiger partial charge is 0.396 e. The van der Waals surface area contributed by atoms with Crippen molar-refractivity contribution in [1.82, 2.24) is 14.7 Å². The van der Waals surface area contributed by atoms with Gasteiger partial charge in [0.2, 0.25) is 0 Å².